The fourth-order valence-electron chi connectivity index (χ4n) is 4.71. The number of carbonyl (C=O) groups excluding carboxylic acids is 1. The molecule has 158 valence electrons. The first kappa shape index (κ1) is 19.4. The number of anilines is 1. The van der Waals surface area contributed by atoms with E-state index in [0.29, 0.717) is 47.9 Å². The van der Waals surface area contributed by atoms with Gasteiger partial charge in [-0.3, -0.25) is 9.78 Å². The van der Waals surface area contributed by atoms with E-state index < -0.39 is 11.5 Å². The Morgan fingerprint density at radius 1 is 1.32 bits per heavy atom. The summed E-state index contributed by atoms with van der Waals surface area (Å²) in [6.45, 7) is 2.64. The number of imidazole rings is 1. The molecule has 0 aromatic carbocycles. The van der Waals surface area contributed by atoms with Crippen LogP contribution in [0.25, 0.3) is 11.2 Å². The third-order valence-corrected chi connectivity index (χ3v) is 6.22. The van der Waals surface area contributed by atoms with E-state index >= 15 is 0 Å². The molecule has 3 heterocycles. The second kappa shape index (κ2) is 7.28. The van der Waals surface area contributed by atoms with Crippen LogP contribution >= 0.6 is 0 Å². The molecule has 0 aliphatic heterocycles. The topological polar surface area (TPSA) is 131 Å². The van der Waals surface area contributed by atoms with Crippen molar-refractivity contribution in [2.75, 3.05) is 18.9 Å². The lowest BCUT2D eigenvalue weighted by Crippen LogP contribution is -2.36. The molecule has 4 atom stereocenters. The van der Waals surface area contributed by atoms with Gasteiger partial charge in [0.1, 0.15) is 5.69 Å². The van der Waals surface area contributed by atoms with Gasteiger partial charge < -0.3 is 20.3 Å². The van der Waals surface area contributed by atoms with Gasteiger partial charge in [0.2, 0.25) is 11.7 Å². The van der Waals surface area contributed by atoms with Gasteiger partial charge in [0.05, 0.1) is 24.0 Å². The number of carbonyl (C=O) groups is 1. The van der Waals surface area contributed by atoms with Crippen molar-refractivity contribution in [3.05, 3.63) is 36.4 Å². The summed E-state index contributed by atoms with van der Waals surface area (Å²) in [5.74, 6) is 6.77. The molecule has 31 heavy (non-hydrogen) atoms. The van der Waals surface area contributed by atoms with Gasteiger partial charge in [0, 0.05) is 32.0 Å². The van der Waals surface area contributed by atoms with E-state index in [-0.39, 0.29) is 17.9 Å². The number of aliphatic hydroxyl groups excluding tert-OH is 1. The summed E-state index contributed by atoms with van der Waals surface area (Å²) in [6.07, 6.45) is 6.90. The summed E-state index contributed by atoms with van der Waals surface area (Å²) in [5, 5.41) is 16.6. The van der Waals surface area contributed by atoms with Gasteiger partial charge in [-0.1, -0.05) is 0 Å². The summed E-state index contributed by atoms with van der Waals surface area (Å²) in [7, 11) is 1.61. The zero-order chi connectivity index (χ0) is 21.6. The molecule has 10 nitrogen and oxygen atoms in total. The minimum atomic E-state index is -0.706. The first-order valence-electron chi connectivity index (χ1n) is 10.2. The summed E-state index contributed by atoms with van der Waals surface area (Å²) in [4.78, 5) is 34.3. The van der Waals surface area contributed by atoms with Gasteiger partial charge in [-0.2, -0.15) is 0 Å². The highest BCUT2D eigenvalue weighted by Crippen LogP contribution is 2.67. The molecule has 2 saturated carbocycles. The number of aromatic nitrogens is 6. The molecule has 0 radical (unpaired) electrons. The van der Waals surface area contributed by atoms with E-state index in [9.17, 15) is 9.90 Å². The van der Waals surface area contributed by atoms with Crippen molar-refractivity contribution >= 4 is 22.9 Å². The Hall–Kier alpha value is -3.58. The number of amides is 1. The fraction of sp³-hybridized carbons (Fsp3) is 0.429. The molecule has 3 aromatic rings. The van der Waals surface area contributed by atoms with Crippen molar-refractivity contribution in [1.29, 1.82) is 0 Å². The second-order valence-corrected chi connectivity index (χ2v) is 7.84. The molecule has 0 saturated heterocycles. The first-order valence-corrected chi connectivity index (χ1v) is 10.2. The lowest BCUT2D eigenvalue weighted by atomic mass is 10.00. The standard InChI is InChI=1S/C21H22N8O2/c1-3-24-18-17-19(28-16(27-18)5-4-12-10-23-6-7-25-12)29(11-26-17)14-8-15(30)21(9-13(14)21)20(31)22-2/h6-7,10-11,13-15,30H,3,8-9H2,1-2H3,(H,22,31)(H,24,27,28)/t13?,14-,15?,21+/m0/s1. The van der Waals surface area contributed by atoms with Gasteiger partial charge in [-0.05, 0) is 37.5 Å². The third-order valence-electron chi connectivity index (χ3n) is 6.22. The largest absolute Gasteiger partial charge is 0.392 e. The Labute approximate surface area is 178 Å². The van der Waals surface area contributed by atoms with Crippen molar-refractivity contribution in [3.63, 3.8) is 0 Å². The van der Waals surface area contributed by atoms with Gasteiger partial charge in [-0.15, -0.1) is 0 Å². The quantitative estimate of drug-likeness (QED) is 0.522. The van der Waals surface area contributed by atoms with Crippen molar-refractivity contribution < 1.29 is 9.90 Å². The number of fused-ring (bicyclic) bond motifs is 2. The molecule has 2 aliphatic rings. The van der Waals surface area contributed by atoms with E-state index in [1.807, 2.05) is 11.5 Å². The minimum Gasteiger partial charge on any atom is -0.392 e. The highest BCUT2D eigenvalue weighted by molar-refractivity contribution is 5.88. The average molecular weight is 418 g/mol. The number of rotatable bonds is 4. The lowest BCUT2D eigenvalue weighted by molar-refractivity contribution is -0.129. The maximum atomic E-state index is 12.4. The summed E-state index contributed by atoms with van der Waals surface area (Å²) in [6, 6.07) is -0.0672. The Balaban J connectivity index is 1.56. The van der Waals surface area contributed by atoms with Gasteiger partial charge in [-0.25, -0.2) is 19.9 Å². The summed E-state index contributed by atoms with van der Waals surface area (Å²) >= 11 is 0. The van der Waals surface area contributed by atoms with E-state index in [1.165, 1.54) is 0 Å². The zero-order valence-corrected chi connectivity index (χ0v) is 17.2. The van der Waals surface area contributed by atoms with Crippen LogP contribution in [-0.4, -0.2) is 60.2 Å². The molecule has 2 unspecified atom stereocenters. The maximum absolute atomic E-state index is 12.4. The van der Waals surface area contributed by atoms with Crippen LogP contribution in [0.2, 0.25) is 0 Å². The smallest absolute Gasteiger partial charge is 0.228 e. The van der Waals surface area contributed by atoms with Crippen molar-refractivity contribution in [3.8, 4) is 11.8 Å². The van der Waals surface area contributed by atoms with Crippen LogP contribution in [0, 0.1) is 23.2 Å². The predicted octanol–water partition coefficient (Wildman–Crippen LogP) is 0.506. The predicted molar refractivity (Wildman–Crippen MR) is 112 cm³/mol. The normalized spacial score (nSPS) is 26.1. The number of nitrogens with one attached hydrogen (secondary N) is 2. The van der Waals surface area contributed by atoms with E-state index in [2.05, 4.69) is 47.4 Å². The van der Waals surface area contributed by atoms with Crippen LogP contribution in [-0.2, 0) is 4.79 Å². The number of hydrogen-bond donors (Lipinski definition) is 3. The molecule has 0 bridgehead atoms. The molecule has 2 aliphatic carbocycles. The van der Waals surface area contributed by atoms with Crippen LogP contribution in [0.15, 0.2) is 24.9 Å². The minimum absolute atomic E-state index is 0.0477. The van der Waals surface area contributed by atoms with Crippen LogP contribution in [0.4, 0.5) is 5.82 Å². The zero-order valence-electron chi connectivity index (χ0n) is 17.2. The van der Waals surface area contributed by atoms with E-state index in [0.717, 1.165) is 0 Å². The Kier molecular flexibility index (Phi) is 4.55. The molecule has 5 rings (SSSR count). The summed E-state index contributed by atoms with van der Waals surface area (Å²) < 4.78 is 1.96. The van der Waals surface area contributed by atoms with E-state index in [4.69, 9.17) is 0 Å². The number of aliphatic hydroxyl groups is 1. The number of nitrogens with zero attached hydrogens (tertiary/aromatic N) is 6. The van der Waals surface area contributed by atoms with Crippen LogP contribution in [0.3, 0.4) is 0 Å². The molecule has 1 amide bonds. The Morgan fingerprint density at radius 3 is 2.90 bits per heavy atom. The van der Waals surface area contributed by atoms with Crippen molar-refractivity contribution in [2.24, 2.45) is 11.3 Å². The lowest BCUT2D eigenvalue weighted by Gasteiger charge is -2.17. The van der Waals surface area contributed by atoms with Gasteiger partial charge in [0.15, 0.2) is 17.0 Å². The maximum Gasteiger partial charge on any atom is 0.228 e. The van der Waals surface area contributed by atoms with Crippen LogP contribution in [0.5, 0.6) is 0 Å². The molecule has 10 heteroatoms. The van der Waals surface area contributed by atoms with Gasteiger partial charge >= 0.3 is 0 Å². The van der Waals surface area contributed by atoms with Crippen molar-refractivity contribution in [2.45, 2.75) is 31.9 Å². The molecular formula is C21H22N8O2. The Morgan fingerprint density at radius 2 is 2.19 bits per heavy atom. The molecule has 3 N–H and O–H groups in total. The van der Waals surface area contributed by atoms with Crippen LogP contribution in [0.1, 0.15) is 37.3 Å². The molecule has 0 spiro atoms. The Bertz CT molecular complexity index is 1210. The van der Waals surface area contributed by atoms with E-state index in [1.54, 1.807) is 32.0 Å². The average Bonchev–Trinajstić information content (AvgIpc) is 3.30. The molecule has 3 aromatic heterocycles. The first-order chi connectivity index (χ1) is 15.1. The van der Waals surface area contributed by atoms with Gasteiger partial charge in [0.25, 0.3) is 0 Å². The second-order valence-electron chi connectivity index (χ2n) is 7.84. The monoisotopic (exact) mass is 418 g/mol. The SMILES string of the molecule is CCNc1nc(C#Cc2cnccn2)nc2c1ncn2[C@H]1CC(O)[C@@]2(C(=O)NC)CC12. The van der Waals surface area contributed by atoms with Crippen LogP contribution < -0.4 is 10.6 Å². The highest BCUT2D eigenvalue weighted by atomic mass is 16.3. The molecular weight excluding hydrogens is 396 g/mol. The highest BCUT2D eigenvalue weighted by Gasteiger charge is 2.71. The molecule has 2 fully saturated rings. The third kappa shape index (κ3) is 3.00. The number of hydrogen-bond acceptors (Lipinski definition) is 8. The summed E-state index contributed by atoms with van der Waals surface area (Å²) in [5.41, 5.74) is 1.09. The fourth-order valence-corrected chi connectivity index (χ4v) is 4.71. The van der Waals surface area contributed by atoms with Crippen molar-refractivity contribution in [1.82, 2.24) is 34.8 Å².